The molecule has 1 saturated carbocycles. The van der Waals surface area contributed by atoms with Crippen LogP contribution in [0.25, 0.3) is 0 Å². The molecule has 2 atom stereocenters. The number of nitrogens with one attached hydrogen (secondary N) is 1. The van der Waals surface area contributed by atoms with Crippen molar-refractivity contribution in [3.05, 3.63) is 93.7 Å². The first-order valence-electron chi connectivity index (χ1n) is 11.4. The Bertz CT molecular complexity index is 1150. The number of aromatic nitrogens is 2. The van der Waals surface area contributed by atoms with E-state index in [4.69, 9.17) is 9.47 Å². The molecule has 0 amide bonds. The van der Waals surface area contributed by atoms with Crippen molar-refractivity contribution in [2.75, 3.05) is 0 Å². The van der Waals surface area contributed by atoms with Gasteiger partial charge in [-0.2, -0.15) is 0 Å². The van der Waals surface area contributed by atoms with Gasteiger partial charge < -0.3 is 14.5 Å². The summed E-state index contributed by atoms with van der Waals surface area (Å²) in [5.41, 5.74) is 0.841. The van der Waals surface area contributed by atoms with Crippen molar-refractivity contribution in [3.8, 4) is 5.75 Å². The Balaban J connectivity index is 1.70. The summed E-state index contributed by atoms with van der Waals surface area (Å²) in [5, 5.41) is 0. The molecule has 1 fully saturated rings. The first-order chi connectivity index (χ1) is 15.8. The lowest BCUT2D eigenvalue weighted by atomic mass is 9.88. The first-order valence-corrected chi connectivity index (χ1v) is 11.4. The summed E-state index contributed by atoms with van der Waals surface area (Å²) in [5.74, 6) is -0.000983. The van der Waals surface area contributed by atoms with Gasteiger partial charge in [-0.3, -0.25) is 4.79 Å². The number of hydrogen-bond acceptors (Lipinski definition) is 5. The van der Waals surface area contributed by atoms with E-state index < -0.39 is 17.1 Å². The molecule has 2 aromatic carbocycles. The average molecular weight is 447 g/mol. The molecule has 33 heavy (non-hydrogen) atoms. The van der Waals surface area contributed by atoms with Gasteiger partial charge in [-0.25, -0.2) is 9.78 Å². The van der Waals surface area contributed by atoms with Crippen LogP contribution in [0.5, 0.6) is 5.75 Å². The lowest BCUT2D eigenvalue weighted by molar-refractivity contribution is 0.00571. The second-order valence-electron chi connectivity index (χ2n) is 9.46. The lowest BCUT2D eigenvalue weighted by Crippen LogP contribution is -2.28. The molecule has 3 aromatic rings. The summed E-state index contributed by atoms with van der Waals surface area (Å²) >= 11 is 0. The maximum Gasteiger partial charge on any atom is 0.361 e. The average Bonchev–Trinajstić information content (AvgIpc) is 3.28. The van der Waals surface area contributed by atoms with Gasteiger partial charge in [0.05, 0.1) is 0 Å². The highest BCUT2D eigenvalue weighted by atomic mass is 16.6. The normalized spacial score (nSPS) is 18.2. The molecule has 1 aliphatic carbocycles. The van der Waals surface area contributed by atoms with E-state index in [1.165, 1.54) is 5.56 Å². The molecule has 0 radical (unpaired) electrons. The van der Waals surface area contributed by atoms with Crippen molar-refractivity contribution >= 4 is 5.97 Å². The maximum absolute atomic E-state index is 13.1. The summed E-state index contributed by atoms with van der Waals surface area (Å²) in [6.45, 7) is 5.50. The molecule has 1 aliphatic rings. The van der Waals surface area contributed by atoms with Crippen molar-refractivity contribution in [1.82, 2.24) is 9.97 Å². The number of ether oxygens (including phenoxy) is 2. The smallest absolute Gasteiger partial charge is 0.361 e. The van der Waals surface area contributed by atoms with Crippen LogP contribution in [0.3, 0.4) is 0 Å². The van der Waals surface area contributed by atoms with Crippen molar-refractivity contribution in [2.24, 2.45) is 0 Å². The lowest BCUT2D eigenvalue weighted by Gasteiger charge is -2.22. The Kier molecular flexibility index (Phi) is 6.63. The zero-order valence-corrected chi connectivity index (χ0v) is 19.3. The summed E-state index contributed by atoms with van der Waals surface area (Å²) in [6, 6.07) is 19.7. The van der Waals surface area contributed by atoms with E-state index in [0.29, 0.717) is 5.82 Å². The largest absolute Gasteiger partial charge is 0.481 e. The minimum absolute atomic E-state index is 0.0180. The molecule has 0 aliphatic heterocycles. The van der Waals surface area contributed by atoms with Crippen LogP contribution in [0.15, 0.2) is 65.5 Å². The van der Waals surface area contributed by atoms with Crippen molar-refractivity contribution < 1.29 is 14.3 Å². The van der Waals surface area contributed by atoms with Gasteiger partial charge >= 0.3 is 5.97 Å². The molecule has 1 aromatic heterocycles. The number of carbonyl (C=O) groups excluding carboxylic acids is 1. The Morgan fingerprint density at radius 3 is 2.30 bits per heavy atom. The Hall–Kier alpha value is -3.41. The van der Waals surface area contributed by atoms with E-state index in [0.717, 1.165) is 24.8 Å². The molecular formula is C27H30N2O4. The fourth-order valence-electron chi connectivity index (χ4n) is 4.37. The number of rotatable bonds is 6. The van der Waals surface area contributed by atoms with Crippen LogP contribution in [-0.2, 0) is 11.3 Å². The number of hydrogen-bond donors (Lipinski definition) is 1. The Morgan fingerprint density at radius 2 is 1.64 bits per heavy atom. The SMILES string of the molecule is CC(C)(C)OC(=O)c1nc(C2CCCC2c2ccccc2)[nH]c(=O)c1OCc1ccccc1. The van der Waals surface area contributed by atoms with Gasteiger partial charge in [0.15, 0.2) is 5.69 Å². The van der Waals surface area contributed by atoms with Gasteiger partial charge in [0.1, 0.15) is 18.0 Å². The van der Waals surface area contributed by atoms with Crippen molar-refractivity contribution in [2.45, 2.75) is 64.1 Å². The van der Waals surface area contributed by atoms with Crippen LogP contribution in [0.1, 0.15) is 79.3 Å². The first kappa shape index (κ1) is 22.8. The van der Waals surface area contributed by atoms with E-state index in [1.807, 2.05) is 48.5 Å². The van der Waals surface area contributed by atoms with E-state index in [9.17, 15) is 9.59 Å². The minimum atomic E-state index is -0.724. The van der Waals surface area contributed by atoms with Crippen LogP contribution in [0, 0.1) is 0 Å². The highest BCUT2D eigenvalue weighted by Crippen LogP contribution is 2.44. The highest BCUT2D eigenvalue weighted by Gasteiger charge is 2.34. The maximum atomic E-state index is 13.1. The molecule has 0 saturated heterocycles. The zero-order valence-electron chi connectivity index (χ0n) is 19.3. The molecule has 1 heterocycles. The molecule has 6 heteroatoms. The third kappa shape index (κ3) is 5.51. The Labute approximate surface area is 194 Å². The molecule has 2 unspecified atom stereocenters. The molecule has 4 rings (SSSR count). The number of aromatic amines is 1. The van der Waals surface area contributed by atoms with Crippen LogP contribution in [0.2, 0.25) is 0 Å². The topological polar surface area (TPSA) is 81.3 Å². The number of H-pyrrole nitrogens is 1. The van der Waals surface area contributed by atoms with Crippen LogP contribution in [-0.4, -0.2) is 21.5 Å². The number of nitrogens with zero attached hydrogens (tertiary/aromatic N) is 1. The van der Waals surface area contributed by atoms with E-state index in [2.05, 4.69) is 22.1 Å². The van der Waals surface area contributed by atoms with Crippen LogP contribution in [0.4, 0.5) is 0 Å². The van der Waals surface area contributed by atoms with Gasteiger partial charge in [-0.1, -0.05) is 67.1 Å². The molecule has 1 N–H and O–H groups in total. The van der Waals surface area contributed by atoms with Crippen molar-refractivity contribution in [1.29, 1.82) is 0 Å². The second-order valence-corrected chi connectivity index (χ2v) is 9.46. The third-order valence-corrected chi connectivity index (χ3v) is 5.81. The summed E-state index contributed by atoms with van der Waals surface area (Å²) < 4.78 is 11.4. The van der Waals surface area contributed by atoms with Crippen molar-refractivity contribution in [3.63, 3.8) is 0 Å². The minimum Gasteiger partial charge on any atom is -0.481 e. The fourth-order valence-corrected chi connectivity index (χ4v) is 4.37. The monoisotopic (exact) mass is 446 g/mol. The number of carbonyl (C=O) groups is 1. The van der Waals surface area contributed by atoms with E-state index >= 15 is 0 Å². The zero-order chi connectivity index (χ0) is 23.4. The van der Waals surface area contributed by atoms with Gasteiger partial charge in [0, 0.05) is 5.92 Å². The molecule has 0 bridgehead atoms. The molecule has 6 nitrogen and oxygen atoms in total. The quantitative estimate of drug-likeness (QED) is 0.516. The van der Waals surface area contributed by atoms with E-state index in [1.54, 1.807) is 20.8 Å². The second kappa shape index (κ2) is 9.61. The number of esters is 1. The van der Waals surface area contributed by atoms with Crippen LogP contribution < -0.4 is 10.3 Å². The fraction of sp³-hybridized carbons (Fsp3) is 0.370. The number of benzene rings is 2. The summed E-state index contributed by atoms with van der Waals surface area (Å²) in [6.07, 6.45) is 2.93. The summed E-state index contributed by atoms with van der Waals surface area (Å²) in [7, 11) is 0. The standard InChI is InChI=1S/C27H30N2O4/c1-27(2,3)33-26(31)22-23(32-17-18-11-6-4-7-12-18)25(30)29-24(28-22)21-16-10-15-20(21)19-13-8-5-9-14-19/h4-9,11-14,20-21H,10,15-17H2,1-3H3,(H,28,29,30). The predicted molar refractivity (Wildman–Crippen MR) is 127 cm³/mol. The van der Waals surface area contributed by atoms with Gasteiger partial charge in [0.2, 0.25) is 5.75 Å². The van der Waals surface area contributed by atoms with Gasteiger partial charge in [-0.15, -0.1) is 0 Å². The Morgan fingerprint density at radius 1 is 1.00 bits per heavy atom. The summed E-state index contributed by atoms with van der Waals surface area (Å²) in [4.78, 5) is 33.7. The molecular weight excluding hydrogens is 416 g/mol. The van der Waals surface area contributed by atoms with Gasteiger partial charge in [0.25, 0.3) is 5.56 Å². The van der Waals surface area contributed by atoms with E-state index in [-0.39, 0.29) is 29.9 Å². The molecule has 172 valence electrons. The predicted octanol–water partition coefficient (Wildman–Crippen LogP) is 5.36. The van der Waals surface area contributed by atoms with Crippen LogP contribution >= 0.6 is 0 Å². The highest BCUT2D eigenvalue weighted by molar-refractivity contribution is 5.90. The third-order valence-electron chi connectivity index (χ3n) is 5.81. The molecule has 0 spiro atoms. The van der Waals surface area contributed by atoms with Gasteiger partial charge in [-0.05, 0) is 50.7 Å².